The van der Waals surface area contributed by atoms with Gasteiger partial charge >= 0.3 is 0 Å². The standard InChI is InChI=1S/C15H29N3O3.ClH/c1-4-18(5-2)13(19)7-6-10-17-14(20)15(21-3)8-11-16-12-9-15;/h16H,4-12H2,1-3H3,(H,17,20);1H. The van der Waals surface area contributed by atoms with Crippen molar-refractivity contribution in [3.8, 4) is 0 Å². The summed E-state index contributed by atoms with van der Waals surface area (Å²) in [6.07, 6.45) is 2.52. The Morgan fingerprint density at radius 2 is 1.82 bits per heavy atom. The lowest BCUT2D eigenvalue weighted by atomic mass is 9.91. The topological polar surface area (TPSA) is 70.7 Å². The fourth-order valence-corrected chi connectivity index (χ4v) is 2.69. The molecule has 130 valence electrons. The predicted molar refractivity (Wildman–Crippen MR) is 89.3 cm³/mol. The molecule has 0 bridgehead atoms. The summed E-state index contributed by atoms with van der Waals surface area (Å²) in [6.45, 7) is 7.53. The third kappa shape index (κ3) is 5.74. The lowest BCUT2D eigenvalue weighted by Gasteiger charge is -2.34. The average Bonchev–Trinajstić information content (AvgIpc) is 2.53. The van der Waals surface area contributed by atoms with Crippen LogP contribution in [-0.2, 0) is 14.3 Å². The molecule has 0 aromatic heterocycles. The van der Waals surface area contributed by atoms with Crippen molar-refractivity contribution >= 4 is 24.2 Å². The molecular formula is C15H30ClN3O3. The molecule has 1 rings (SSSR count). The number of nitrogens with one attached hydrogen (secondary N) is 2. The number of methoxy groups -OCH3 is 1. The zero-order valence-electron chi connectivity index (χ0n) is 13.9. The first-order chi connectivity index (χ1) is 10.1. The van der Waals surface area contributed by atoms with Crippen LogP contribution in [0.15, 0.2) is 0 Å². The van der Waals surface area contributed by atoms with Gasteiger partial charge in [-0.05, 0) is 46.2 Å². The van der Waals surface area contributed by atoms with Crippen molar-refractivity contribution in [1.82, 2.24) is 15.5 Å². The Balaban J connectivity index is 0.00000441. The van der Waals surface area contributed by atoms with Crippen molar-refractivity contribution in [3.63, 3.8) is 0 Å². The summed E-state index contributed by atoms with van der Waals surface area (Å²) in [5.74, 6) is 0.0966. The molecule has 22 heavy (non-hydrogen) atoms. The number of carbonyl (C=O) groups excluding carboxylic acids is 2. The molecule has 0 unspecified atom stereocenters. The summed E-state index contributed by atoms with van der Waals surface area (Å²) < 4.78 is 5.46. The molecule has 0 aliphatic carbocycles. The number of nitrogens with zero attached hydrogens (tertiary/aromatic N) is 1. The van der Waals surface area contributed by atoms with Crippen LogP contribution >= 0.6 is 12.4 Å². The fourth-order valence-electron chi connectivity index (χ4n) is 2.69. The molecule has 0 aromatic carbocycles. The van der Waals surface area contributed by atoms with Gasteiger partial charge in [0.15, 0.2) is 0 Å². The molecule has 0 radical (unpaired) electrons. The van der Waals surface area contributed by atoms with Crippen LogP contribution in [0.2, 0.25) is 0 Å². The second-order valence-corrected chi connectivity index (χ2v) is 5.37. The zero-order chi connectivity index (χ0) is 15.7. The minimum atomic E-state index is -0.700. The van der Waals surface area contributed by atoms with E-state index < -0.39 is 5.60 Å². The van der Waals surface area contributed by atoms with Crippen LogP contribution in [-0.4, -0.2) is 62.1 Å². The van der Waals surface area contributed by atoms with Crippen molar-refractivity contribution in [2.75, 3.05) is 39.8 Å². The van der Waals surface area contributed by atoms with E-state index in [2.05, 4.69) is 10.6 Å². The first-order valence-corrected chi connectivity index (χ1v) is 7.91. The van der Waals surface area contributed by atoms with E-state index in [1.807, 2.05) is 18.7 Å². The van der Waals surface area contributed by atoms with Gasteiger partial charge < -0.3 is 20.3 Å². The van der Waals surface area contributed by atoms with E-state index in [1.54, 1.807) is 7.11 Å². The number of halogens is 1. The number of hydrogen-bond donors (Lipinski definition) is 2. The number of piperidine rings is 1. The summed E-state index contributed by atoms with van der Waals surface area (Å²) >= 11 is 0. The minimum absolute atomic E-state index is 0. The second kappa shape index (κ2) is 10.8. The minimum Gasteiger partial charge on any atom is -0.368 e. The van der Waals surface area contributed by atoms with Gasteiger partial charge in [0.2, 0.25) is 5.91 Å². The van der Waals surface area contributed by atoms with Gasteiger partial charge in [-0.3, -0.25) is 9.59 Å². The van der Waals surface area contributed by atoms with E-state index in [1.165, 1.54) is 0 Å². The smallest absolute Gasteiger partial charge is 0.252 e. The largest absolute Gasteiger partial charge is 0.368 e. The quantitative estimate of drug-likeness (QED) is 0.648. The average molecular weight is 336 g/mol. The Bertz CT molecular complexity index is 343. The molecule has 6 nitrogen and oxygen atoms in total. The van der Waals surface area contributed by atoms with E-state index in [9.17, 15) is 9.59 Å². The highest BCUT2D eigenvalue weighted by molar-refractivity contribution is 5.85. The number of ether oxygens (including phenoxy) is 1. The molecule has 0 aromatic rings. The Hall–Kier alpha value is -0.850. The van der Waals surface area contributed by atoms with Gasteiger partial charge in [0, 0.05) is 33.2 Å². The van der Waals surface area contributed by atoms with Crippen LogP contribution in [0.4, 0.5) is 0 Å². The van der Waals surface area contributed by atoms with Crippen molar-refractivity contribution in [2.24, 2.45) is 0 Å². The fraction of sp³-hybridized carbons (Fsp3) is 0.867. The number of carbonyl (C=O) groups is 2. The van der Waals surface area contributed by atoms with Gasteiger partial charge in [0.1, 0.15) is 5.60 Å². The van der Waals surface area contributed by atoms with Crippen molar-refractivity contribution in [3.05, 3.63) is 0 Å². The molecule has 2 N–H and O–H groups in total. The third-order valence-corrected chi connectivity index (χ3v) is 4.18. The van der Waals surface area contributed by atoms with Gasteiger partial charge in [0.05, 0.1) is 0 Å². The second-order valence-electron chi connectivity index (χ2n) is 5.37. The van der Waals surface area contributed by atoms with Crippen LogP contribution in [0.1, 0.15) is 39.5 Å². The number of amides is 2. The van der Waals surface area contributed by atoms with E-state index in [0.29, 0.717) is 32.2 Å². The Kier molecular flexibility index (Phi) is 10.4. The molecule has 0 atom stereocenters. The molecule has 1 aliphatic rings. The maximum absolute atomic E-state index is 12.3. The summed E-state index contributed by atoms with van der Waals surface area (Å²) in [7, 11) is 1.59. The van der Waals surface area contributed by atoms with Gasteiger partial charge in [-0.1, -0.05) is 0 Å². The van der Waals surface area contributed by atoms with Crippen molar-refractivity contribution in [1.29, 1.82) is 0 Å². The normalized spacial score (nSPS) is 16.5. The molecule has 1 saturated heterocycles. The van der Waals surface area contributed by atoms with Gasteiger partial charge in [-0.25, -0.2) is 0 Å². The molecule has 0 saturated carbocycles. The molecule has 1 aliphatic heterocycles. The number of hydrogen-bond acceptors (Lipinski definition) is 4. The lowest BCUT2D eigenvalue weighted by Crippen LogP contribution is -2.54. The van der Waals surface area contributed by atoms with Gasteiger partial charge in [-0.15, -0.1) is 12.4 Å². The molecule has 1 heterocycles. The van der Waals surface area contributed by atoms with Crippen molar-refractivity contribution in [2.45, 2.75) is 45.1 Å². The van der Waals surface area contributed by atoms with E-state index in [0.717, 1.165) is 26.2 Å². The van der Waals surface area contributed by atoms with Gasteiger partial charge in [-0.2, -0.15) is 0 Å². The monoisotopic (exact) mass is 335 g/mol. The van der Waals surface area contributed by atoms with Crippen LogP contribution in [0.5, 0.6) is 0 Å². The predicted octanol–water partition coefficient (Wildman–Crippen LogP) is 0.942. The molecule has 7 heteroatoms. The molecule has 1 fully saturated rings. The molecule has 0 spiro atoms. The van der Waals surface area contributed by atoms with Crippen molar-refractivity contribution < 1.29 is 14.3 Å². The molecular weight excluding hydrogens is 306 g/mol. The first kappa shape index (κ1) is 21.1. The Morgan fingerprint density at radius 3 is 2.32 bits per heavy atom. The number of rotatable bonds is 8. The van der Waals surface area contributed by atoms with Gasteiger partial charge in [0.25, 0.3) is 5.91 Å². The van der Waals surface area contributed by atoms with E-state index >= 15 is 0 Å². The first-order valence-electron chi connectivity index (χ1n) is 7.91. The highest BCUT2D eigenvalue weighted by atomic mass is 35.5. The van der Waals surface area contributed by atoms with E-state index in [4.69, 9.17) is 4.74 Å². The highest BCUT2D eigenvalue weighted by Gasteiger charge is 2.39. The zero-order valence-corrected chi connectivity index (χ0v) is 14.8. The Morgan fingerprint density at radius 1 is 1.23 bits per heavy atom. The molecule has 2 amide bonds. The van der Waals surface area contributed by atoms with Crippen LogP contribution in [0.25, 0.3) is 0 Å². The van der Waals surface area contributed by atoms with Crippen LogP contribution < -0.4 is 10.6 Å². The highest BCUT2D eigenvalue weighted by Crippen LogP contribution is 2.22. The summed E-state index contributed by atoms with van der Waals surface area (Å²) in [4.78, 5) is 25.9. The Labute approximate surface area is 139 Å². The summed E-state index contributed by atoms with van der Waals surface area (Å²) in [5, 5.41) is 6.14. The maximum Gasteiger partial charge on any atom is 0.252 e. The lowest BCUT2D eigenvalue weighted by molar-refractivity contribution is -0.146. The van der Waals surface area contributed by atoms with Crippen LogP contribution in [0, 0.1) is 0 Å². The summed E-state index contributed by atoms with van der Waals surface area (Å²) in [6, 6.07) is 0. The SMILES string of the molecule is CCN(CC)C(=O)CCCNC(=O)C1(OC)CCNCC1.Cl. The maximum atomic E-state index is 12.3. The van der Waals surface area contributed by atoms with E-state index in [-0.39, 0.29) is 24.2 Å². The third-order valence-electron chi connectivity index (χ3n) is 4.18. The van der Waals surface area contributed by atoms with Crippen LogP contribution in [0.3, 0.4) is 0 Å². The summed E-state index contributed by atoms with van der Waals surface area (Å²) in [5.41, 5.74) is -0.700.